The Morgan fingerprint density at radius 2 is 1.97 bits per heavy atom. The van der Waals surface area contributed by atoms with Gasteiger partial charge < -0.3 is 20.6 Å². The third kappa shape index (κ3) is 5.98. The molecule has 32 heavy (non-hydrogen) atoms. The molecule has 0 saturated heterocycles. The summed E-state index contributed by atoms with van der Waals surface area (Å²) in [4.78, 5) is 13.9. The van der Waals surface area contributed by atoms with E-state index in [0.717, 1.165) is 5.57 Å². The highest BCUT2D eigenvalue weighted by Crippen LogP contribution is 2.43. The van der Waals surface area contributed by atoms with Crippen LogP contribution in [0.1, 0.15) is 25.3 Å². The number of rotatable bonds is 7. The van der Waals surface area contributed by atoms with E-state index in [4.69, 9.17) is 0 Å². The van der Waals surface area contributed by atoms with Crippen molar-refractivity contribution in [1.82, 2.24) is 4.90 Å². The molecule has 0 spiro atoms. The Kier molecular flexibility index (Phi) is 6.80. The Balaban J connectivity index is 1.79. The van der Waals surface area contributed by atoms with Crippen molar-refractivity contribution in [3.63, 3.8) is 0 Å². The molecule has 3 rings (SSSR count). The number of benzene rings is 1. The Hall–Kier alpha value is -2.66. The van der Waals surface area contributed by atoms with E-state index in [-0.39, 0.29) is 12.2 Å². The predicted octanol–water partition coefficient (Wildman–Crippen LogP) is 4.17. The number of alkyl halides is 5. The Morgan fingerprint density at radius 3 is 2.56 bits per heavy atom. The standard InChI is InChI=1S/C21H24F5N3O3/c1-12-7-14(11-29(2)19(12)31)13-3-4-16(28-18(30)15-9-20(22,23)10-15)17(8-13)27-5-6-32-21(24,25)26/h3-4,7-8,11,15,19,27,31H,5-6,9-10H2,1-2H3,(H,28,30). The molecule has 1 atom stereocenters. The number of likely N-dealkylation sites (N-methyl/N-ethyl adjacent to an activating group) is 1. The van der Waals surface area contributed by atoms with E-state index < -0.39 is 49.8 Å². The molecule has 1 aromatic carbocycles. The van der Waals surface area contributed by atoms with Crippen LogP contribution in [0.25, 0.3) is 5.57 Å². The minimum atomic E-state index is -4.77. The van der Waals surface area contributed by atoms with Crippen molar-refractivity contribution in [2.24, 2.45) is 5.92 Å². The molecule has 0 bridgehead atoms. The molecular weight excluding hydrogens is 437 g/mol. The van der Waals surface area contributed by atoms with Crippen LogP contribution in [0.15, 0.2) is 36.0 Å². The summed E-state index contributed by atoms with van der Waals surface area (Å²) in [5, 5.41) is 15.4. The minimum absolute atomic E-state index is 0.208. The number of nitrogens with one attached hydrogen (secondary N) is 2. The molecule has 2 aliphatic rings. The van der Waals surface area contributed by atoms with Crippen LogP contribution < -0.4 is 10.6 Å². The van der Waals surface area contributed by atoms with Gasteiger partial charge in [0.15, 0.2) is 0 Å². The number of ether oxygens (including phenoxy) is 1. The fourth-order valence-electron chi connectivity index (χ4n) is 3.54. The van der Waals surface area contributed by atoms with E-state index in [1.807, 2.05) is 0 Å². The van der Waals surface area contributed by atoms with Gasteiger partial charge in [-0.1, -0.05) is 6.07 Å². The molecule has 1 fully saturated rings. The summed E-state index contributed by atoms with van der Waals surface area (Å²) in [6, 6.07) is 4.86. The average molecular weight is 461 g/mol. The van der Waals surface area contributed by atoms with Gasteiger partial charge in [-0.05, 0) is 41.8 Å². The number of anilines is 2. The Labute approximate surface area is 181 Å². The predicted molar refractivity (Wildman–Crippen MR) is 109 cm³/mol. The van der Waals surface area contributed by atoms with E-state index >= 15 is 0 Å². The Morgan fingerprint density at radius 1 is 1.28 bits per heavy atom. The van der Waals surface area contributed by atoms with Gasteiger partial charge in [0.25, 0.3) is 0 Å². The second-order valence-corrected chi connectivity index (χ2v) is 7.94. The lowest BCUT2D eigenvalue weighted by atomic mass is 9.80. The van der Waals surface area contributed by atoms with Gasteiger partial charge in [-0.25, -0.2) is 8.78 Å². The molecule has 0 aromatic heterocycles. The number of amides is 1. The molecule has 6 nitrogen and oxygen atoms in total. The molecule has 1 heterocycles. The number of aliphatic hydroxyl groups excluding tert-OH is 1. The second-order valence-electron chi connectivity index (χ2n) is 7.94. The van der Waals surface area contributed by atoms with Crippen LogP contribution >= 0.6 is 0 Å². The highest BCUT2D eigenvalue weighted by atomic mass is 19.4. The number of halogens is 5. The maximum absolute atomic E-state index is 13.1. The van der Waals surface area contributed by atoms with E-state index in [1.54, 1.807) is 49.3 Å². The van der Waals surface area contributed by atoms with Crippen molar-refractivity contribution in [3.05, 3.63) is 41.6 Å². The summed E-state index contributed by atoms with van der Waals surface area (Å²) < 4.78 is 66.6. The molecule has 1 amide bonds. The lowest BCUT2D eigenvalue weighted by Gasteiger charge is -2.33. The van der Waals surface area contributed by atoms with E-state index in [0.29, 0.717) is 16.8 Å². The normalized spacial score (nSPS) is 20.9. The molecule has 1 unspecified atom stereocenters. The van der Waals surface area contributed by atoms with Gasteiger partial charge in [0.1, 0.15) is 6.23 Å². The second kappa shape index (κ2) is 9.07. The van der Waals surface area contributed by atoms with Gasteiger partial charge in [0, 0.05) is 38.6 Å². The zero-order chi connectivity index (χ0) is 23.7. The Bertz CT molecular complexity index is 922. The van der Waals surface area contributed by atoms with E-state index in [9.17, 15) is 31.9 Å². The van der Waals surface area contributed by atoms with Crippen molar-refractivity contribution in [2.75, 3.05) is 30.8 Å². The largest absolute Gasteiger partial charge is 0.522 e. The first kappa shape index (κ1) is 24.0. The molecule has 1 saturated carbocycles. The first-order valence-corrected chi connectivity index (χ1v) is 9.92. The summed E-state index contributed by atoms with van der Waals surface area (Å²) in [6.45, 7) is 0.886. The highest BCUT2D eigenvalue weighted by molar-refractivity contribution is 5.97. The van der Waals surface area contributed by atoms with Crippen LogP contribution in [0, 0.1) is 5.92 Å². The molecule has 176 valence electrons. The van der Waals surface area contributed by atoms with Gasteiger partial charge in [-0.15, -0.1) is 13.2 Å². The van der Waals surface area contributed by atoms with Crippen LogP contribution in [0.2, 0.25) is 0 Å². The number of aliphatic hydroxyl groups is 1. The van der Waals surface area contributed by atoms with Crippen molar-refractivity contribution < 1.29 is 36.6 Å². The van der Waals surface area contributed by atoms with Gasteiger partial charge in [0.05, 0.1) is 18.0 Å². The topological polar surface area (TPSA) is 73.8 Å². The molecule has 0 radical (unpaired) electrons. The van der Waals surface area contributed by atoms with Gasteiger partial charge in [0.2, 0.25) is 11.8 Å². The monoisotopic (exact) mass is 461 g/mol. The first-order valence-electron chi connectivity index (χ1n) is 9.92. The van der Waals surface area contributed by atoms with Crippen molar-refractivity contribution in [1.29, 1.82) is 0 Å². The van der Waals surface area contributed by atoms with Crippen molar-refractivity contribution in [2.45, 2.75) is 38.3 Å². The van der Waals surface area contributed by atoms with Gasteiger partial charge >= 0.3 is 6.36 Å². The number of carbonyl (C=O) groups excluding carboxylic acids is 1. The van der Waals surface area contributed by atoms with Crippen LogP contribution in [0.4, 0.5) is 33.3 Å². The van der Waals surface area contributed by atoms with Gasteiger partial charge in [-0.3, -0.25) is 9.53 Å². The van der Waals surface area contributed by atoms with Gasteiger partial charge in [-0.2, -0.15) is 0 Å². The first-order chi connectivity index (χ1) is 14.8. The van der Waals surface area contributed by atoms with E-state index in [1.165, 1.54) is 0 Å². The number of allylic oxidation sites excluding steroid dienone is 2. The highest BCUT2D eigenvalue weighted by Gasteiger charge is 2.48. The maximum atomic E-state index is 13.1. The fraction of sp³-hybridized carbons (Fsp3) is 0.476. The van der Waals surface area contributed by atoms with Crippen LogP contribution in [-0.4, -0.2) is 54.6 Å². The molecular formula is C21H24F5N3O3. The zero-order valence-electron chi connectivity index (χ0n) is 17.5. The minimum Gasteiger partial charge on any atom is -0.381 e. The molecule has 1 aliphatic carbocycles. The zero-order valence-corrected chi connectivity index (χ0v) is 17.5. The molecule has 3 N–H and O–H groups in total. The summed E-state index contributed by atoms with van der Waals surface area (Å²) in [7, 11) is 1.69. The lowest BCUT2D eigenvalue weighted by molar-refractivity contribution is -0.322. The van der Waals surface area contributed by atoms with E-state index in [2.05, 4.69) is 15.4 Å². The summed E-state index contributed by atoms with van der Waals surface area (Å²) in [5.41, 5.74) is 2.68. The number of hydrogen-bond acceptors (Lipinski definition) is 5. The maximum Gasteiger partial charge on any atom is 0.522 e. The lowest BCUT2D eigenvalue weighted by Crippen LogP contribution is -2.42. The summed E-state index contributed by atoms with van der Waals surface area (Å²) in [6.07, 6.45) is -3.13. The smallest absolute Gasteiger partial charge is 0.381 e. The summed E-state index contributed by atoms with van der Waals surface area (Å²) >= 11 is 0. The fourth-order valence-corrected chi connectivity index (χ4v) is 3.54. The average Bonchev–Trinajstić information content (AvgIpc) is 2.67. The third-order valence-corrected chi connectivity index (χ3v) is 5.27. The van der Waals surface area contributed by atoms with Crippen molar-refractivity contribution >= 4 is 22.9 Å². The molecule has 1 aromatic rings. The van der Waals surface area contributed by atoms with Crippen LogP contribution in [0.3, 0.4) is 0 Å². The van der Waals surface area contributed by atoms with Crippen LogP contribution in [-0.2, 0) is 9.53 Å². The number of hydrogen-bond donors (Lipinski definition) is 3. The van der Waals surface area contributed by atoms with Crippen LogP contribution in [0.5, 0.6) is 0 Å². The summed E-state index contributed by atoms with van der Waals surface area (Å²) in [5.74, 6) is -4.25. The quantitative estimate of drug-likeness (QED) is 0.420. The molecule has 11 heteroatoms. The van der Waals surface area contributed by atoms with Crippen molar-refractivity contribution in [3.8, 4) is 0 Å². The molecule has 1 aliphatic heterocycles. The third-order valence-electron chi connectivity index (χ3n) is 5.27. The SMILES string of the molecule is CC1=CC(c2ccc(NC(=O)C3CC(F)(F)C3)c(NCCOC(F)(F)F)c2)=CN(C)C1O. The number of nitrogens with zero attached hydrogens (tertiary/aromatic N) is 1. The number of carbonyl (C=O) groups is 1.